The van der Waals surface area contributed by atoms with Gasteiger partial charge < -0.3 is 30.5 Å². The Balaban J connectivity index is 1.02. The SMILES string of the molecule is CC(C)CCCC(C)C1CCC2C3CC=C4CC(OCCCCCCSC5OC(CN)C(O)C(O)C5O)CCC4(C)C3CCC12C. The van der Waals surface area contributed by atoms with Crippen molar-refractivity contribution in [3.63, 3.8) is 0 Å². The van der Waals surface area contributed by atoms with Crippen LogP contribution in [0.25, 0.3) is 0 Å². The molecule has 6 nitrogen and oxygen atoms in total. The molecular weight excluding hydrogens is 594 g/mol. The van der Waals surface area contributed by atoms with Crippen molar-refractivity contribution >= 4 is 11.8 Å². The lowest BCUT2D eigenvalue weighted by molar-refractivity contribution is -0.194. The molecule has 1 saturated heterocycles. The molecule has 4 aliphatic carbocycles. The highest BCUT2D eigenvalue weighted by Gasteiger charge is 2.59. The summed E-state index contributed by atoms with van der Waals surface area (Å²) >= 11 is 1.51. The molecule has 1 aliphatic heterocycles. The maximum absolute atomic E-state index is 10.3. The lowest BCUT2D eigenvalue weighted by atomic mass is 9.47. The summed E-state index contributed by atoms with van der Waals surface area (Å²) in [5.74, 6) is 6.17. The van der Waals surface area contributed by atoms with Crippen molar-refractivity contribution in [2.45, 2.75) is 167 Å². The van der Waals surface area contributed by atoms with Crippen molar-refractivity contribution in [2.24, 2.45) is 52.1 Å². The molecule has 7 heteroatoms. The van der Waals surface area contributed by atoms with Crippen LogP contribution in [0.3, 0.4) is 0 Å². The second-order valence-electron chi connectivity index (χ2n) is 17.1. The number of hydrogen-bond acceptors (Lipinski definition) is 7. The van der Waals surface area contributed by atoms with Gasteiger partial charge in [0.05, 0.1) is 12.2 Å². The van der Waals surface area contributed by atoms with E-state index in [1.165, 1.54) is 76.0 Å². The number of rotatable bonds is 15. The van der Waals surface area contributed by atoms with Gasteiger partial charge in [0.2, 0.25) is 0 Å². The van der Waals surface area contributed by atoms with Crippen LogP contribution < -0.4 is 5.73 Å². The molecule has 0 bridgehead atoms. The number of thioether (sulfide) groups is 1. The van der Waals surface area contributed by atoms with Gasteiger partial charge in [-0.15, -0.1) is 11.8 Å². The molecule has 0 aromatic heterocycles. The van der Waals surface area contributed by atoms with Crippen LogP contribution in [-0.2, 0) is 9.47 Å². The lowest BCUT2D eigenvalue weighted by Crippen LogP contribution is -2.58. The third kappa shape index (κ3) is 7.92. The molecule has 13 unspecified atom stereocenters. The highest BCUT2D eigenvalue weighted by atomic mass is 32.2. The standard InChI is InChI=1S/C39H69NO5S/c1-25(2)11-10-12-26(3)30-15-16-31-29-14-13-27-23-28(17-19-38(27,4)32(29)18-20-39(30,31)5)44-21-8-6-7-9-22-46-37-36(43)35(42)34(41)33(24-40)45-37/h13,25-26,28-37,41-43H,6-12,14-24,40H2,1-5H3. The molecule has 0 radical (unpaired) electrons. The van der Waals surface area contributed by atoms with Crippen LogP contribution >= 0.6 is 11.8 Å². The maximum atomic E-state index is 10.3. The van der Waals surface area contributed by atoms with Gasteiger partial charge in [-0.3, -0.25) is 0 Å². The number of hydrogen-bond donors (Lipinski definition) is 4. The second-order valence-corrected chi connectivity index (χ2v) is 18.3. The van der Waals surface area contributed by atoms with E-state index in [9.17, 15) is 15.3 Å². The zero-order valence-corrected chi connectivity index (χ0v) is 30.7. The summed E-state index contributed by atoms with van der Waals surface area (Å²) in [4.78, 5) is 0. The molecule has 46 heavy (non-hydrogen) atoms. The van der Waals surface area contributed by atoms with E-state index in [2.05, 4.69) is 40.7 Å². The predicted molar refractivity (Wildman–Crippen MR) is 189 cm³/mol. The fourth-order valence-corrected chi connectivity index (χ4v) is 12.2. The molecule has 0 amide bonds. The maximum Gasteiger partial charge on any atom is 0.132 e. The Morgan fingerprint density at radius 3 is 2.46 bits per heavy atom. The lowest BCUT2D eigenvalue weighted by Gasteiger charge is -2.58. The van der Waals surface area contributed by atoms with Gasteiger partial charge in [-0.25, -0.2) is 0 Å². The van der Waals surface area contributed by atoms with Gasteiger partial charge in [0.1, 0.15) is 23.7 Å². The molecule has 13 atom stereocenters. The first kappa shape index (κ1) is 37.1. The van der Waals surface area contributed by atoms with Gasteiger partial charge in [0, 0.05) is 13.2 Å². The molecule has 5 aliphatic rings. The number of aliphatic hydroxyl groups excluding tert-OH is 3. The van der Waals surface area contributed by atoms with Gasteiger partial charge in [-0.05, 0) is 116 Å². The highest BCUT2D eigenvalue weighted by molar-refractivity contribution is 7.99. The zero-order chi connectivity index (χ0) is 33.1. The van der Waals surface area contributed by atoms with Crippen LogP contribution in [0.5, 0.6) is 0 Å². The molecule has 5 N–H and O–H groups in total. The van der Waals surface area contributed by atoms with E-state index >= 15 is 0 Å². The van der Waals surface area contributed by atoms with Gasteiger partial charge in [-0.2, -0.15) is 0 Å². The largest absolute Gasteiger partial charge is 0.388 e. The number of aliphatic hydroxyl groups is 3. The number of fused-ring (bicyclic) bond motifs is 5. The topological polar surface area (TPSA) is 105 Å². The van der Waals surface area contributed by atoms with Crippen molar-refractivity contribution in [1.82, 2.24) is 0 Å². The van der Waals surface area contributed by atoms with E-state index in [-0.39, 0.29) is 6.54 Å². The van der Waals surface area contributed by atoms with Gasteiger partial charge in [0.25, 0.3) is 0 Å². The molecule has 4 fully saturated rings. The van der Waals surface area contributed by atoms with Crippen molar-refractivity contribution < 1.29 is 24.8 Å². The first-order valence-electron chi connectivity index (χ1n) is 19.3. The Kier molecular flexibility index (Phi) is 13.1. The number of nitrogens with two attached hydrogens (primary N) is 1. The summed E-state index contributed by atoms with van der Waals surface area (Å²) < 4.78 is 12.2. The molecule has 3 saturated carbocycles. The van der Waals surface area contributed by atoms with Gasteiger partial charge >= 0.3 is 0 Å². The first-order chi connectivity index (χ1) is 22.0. The summed E-state index contributed by atoms with van der Waals surface area (Å²) in [5, 5.41) is 30.3. The van der Waals surface area contributed by atoms with Crippen molar-refractivity contribution in [3.8, 4) is 0 Å². The average molecular weight is 664 g/mol. The molecular formula is C39H69NO5S. The Morgan fingerprint density at radius 2 is 1.70 bits per heavy atom. The molecule has 266 valence electrons. The Bertz CT molecular complexity index is 991. The van der Waals surface area contributed by atoms with Crippen molar-refractivity contribution in [3.05, 3.63) is 11.6 Å². The number of ether oxygens (including phenoxy) is 2. The minimum absolute atomic E-state index is 0.124. The van der Waals surface area contributed by atoms with Gasteiger partial charge in [0.15, 0.2) is 0 Å². The van der Waals surface area contributed by atoms with Crippen molar-refractivity contribution in [2.75, 3.05) is 18.9 Å². The normalized spacial score (nSPS) is 43.1. The third-order valence-electron chi connectivity index (χ3n) is 13.8. The summed E-state index contributed by atoms with van der Waals surface area (Å²) in [6, 6.07) is 0. The fraction of sp³-hybridized carbons (Fsp3) is 0.949. The third-order valence-corrected chi connectivity index (χ3v) is 15.1. The molecule has 0 aromatic carbocycles. The molecule has 1 heterocycles. The summed E-state index contributed by atoms with van der Waals surface area (Å²) in [6.45, 7) is 13.6. The average Bonchev–Trinajstić information content (AvgIpc) is 3.39. The monoisotopic (exact) mass is 663 g/mol. The van der Waals surface area contributed by atoms with E-state index in [4.69, 9.17) is 15.2 Å². The molecule has 0 aromatic rings. The van der Waals surface area contributed by atoms with E-state index in [1.807, 2.05) is 0 Å². The zero-order valence-electron chi connectivity index (χ0n) is 29.9. The minimum Gasteiger partial charge on any atom is -0.388 e. The second kappa shape index (κ2) is 16.2. The first-order valence-corrected chi connectivity index (χ1v) is 20.4. The Morgan fingerprint density at radius 1 is 0.913 bits per heavy atom. The number of unbranched alkanes of at least 4 members (excludes halogenated alkanes) is 3. The fourth-order valence-electron chi connectivity index (χ4n) is 11.1. The van der Waals surface area contributed by atoms with E-state index < -0.39 is 29.9 Å². The summed E-state index contributed by atoms with van der Waals surface area (Å²) in [6.07, 6.45) is 18.4. The molecule has 5 rings (SSSR count). The van der Waals surface area contributed by atoms with Crippen LogP contribution in [-0.4, -0.2) is 70.2 Å². The Labute approximate surface area is 285 Å². The summed E-state index contributed by atoms with van der Waals surface area (Å²) in [5.41, 5.74) is 7.78. The summed E-state index contributed by atoms with van der Waals surface area (Å²) in [7, 11) is 0. The highest BCUT2D eigenvalue weighted by Crippen LogP contribution is 2.67. The van der Waals surface area contributed by atoms with Gasteiger partial charge in [-0.1, -0.05) is 78.4 Å². The van der Waals surface area contributed by atoms with Crippen LogP contribution in [0.4, 0.5) is 0 Å². The predicted octanol–water partition coefficient (Wildman–Crippen LogP) is 7.47. The van der Waals surface area contributed by atoms with Crippen LogP contribution in [0.2, 0.25) is 0 Å². The minimum atomic E-state index is -1.21. The molecule has 0 spiro atoms. The van der Waals surface area contributed by atoms with E-state index in [0.29, 0.717) is 16.9 Å². The van der Waals surface area contributed by atoms with E-state index in [0.717, 1.165) is 80.0 Å². The quantitative estimate of drug-likeness (QED) is 0.106. The smallest absolute Gasteiger partial charge is 0.132 e. The van der Waals surface area contributed by atoms with Crippen LogP contribution in [0, 0.1) is 46.3 Å². The van der Waals surface area contributed by atoms with Crippen LogP contribution in [0.1, 0.15) is 131 Å². The Hall–Kier alpha value is -0.150. The van der Waals surface area contributed by atoms with E-state index in [1.54, 1.807) is 5.57 Å². The van der Waals surface area contributed by atoms with Crippen LogP contribution in [0.15, 0.2) is 11.6 Å². The number of allylic oxidation sites excluding steroid dienone is 1. The van der Waals surface area contributed by atoms with Crippen molar-refractivity contribution in [1.29, 1.82) is 0 Å².